The highest BCUT2D eigenvalue weighted by Crippen LogP contribution is 2.33. The molecule has 0 aromatic heterocycles. The molecule has 2 aromatic rings. The van der Waals surface area contributed by atoms with Gasteiger partial charge in [-0.3, -0.25) is 4.79 Å². The van der Waals surface area contributed by atoms with E-state index in [0.717, 1.165) is 5.56 Å². The van der Waals surface area contributed by atoms with Crippen molar-refractivity contribution >= 4 is 5.91 Å². The van der Waals surface area contributed by atoms with Crippen molar-refractivity contribution < 1.29 is 23.7 Å². The number of benzene rings is 2. The lowest BCUT2D eigenvalue weighted by atomic mass is 9.95. The van der Waals surface area contributed by atoms with Gasteiger partial charge in [-0.05, 0) is 49.6 Å². The Morgan fingerprint density at radius 1 is 0.897 bits per heavy atom. The van der Waals surface area contributed by atoms with Gasteiger partial charge in [0, 0.05) is 0 Å². The number of hydrogen-bond acceptors (Lipinski definition) is 5. The summed E-state index contributed by atoms with van der Waals surface area (Å²) in [6.07, 6.45) is 0. The molecule has 29 heavy (non-hydrogen) atoms. The predicted molar refractivity (Wildman–Crippen MR) is 113 cm³/mol. The van der Waals surface area contributed by atoms with Crippen molar-refractivity contribution in [3.05, 3.63) is 48.0 Å². The van der Waals surface area contributed by atoms with Crippen LogP contribution in [0.1, 0.15) is 39.3 Å². The lowest BCUT2D eigenvalue weighted by Gasteiger charge is -2.24. The quantitative estimate of drug-likeness (QED) is 0.605. The van der Waals surface area contributed by atoms with Gasteiger partial charge in [0.15, 0.2) is 29.6 Å². The fourth-order valence-electron chi connectivity index (χ4n) is 2.99. The molecular weight excluding hydrogens is 370 g/mol. The highest BCUT2D eigenvalue weighted by atomic mass is 16.5. The molecule has 0 radical (unpaired) electrons. The smallest absolute Gasteiger partial charge is 0.258 e. The molecule has 1 amide bonds. The molecule has 158 valence electrons. The average Bonchev–Trinajstić information content (AvgIpc) is 2.72. The highest BCUT2D eigenvalue weighted by Gasteiger charge is 2.21. The van der Waals surface area contributed by atoms with Gasteiger partial charge >= 0.3 is 0 Å². The van der Waals surface area contributed by atoms with Gasteiger partial charge in [0.1, 0.15) is 0 Å². The number of carbonyl (C=O) groups is 1. The number of ether oxygens (including phenoxy) is 4. The van der Waals surface area contributed by atoms with Crippen LogP contribution in [0.4, 0.5) is 0 Å². The van der Waals surface area contributed by atoms with E-state index in [0.29, 0.717) is 36.2 Å². The van der Waals surface area contributed by atoms with Crippen molar-refractivity contribution in [1.82, 2.24) is 5.32 Å². The highest BCUT2D eigenvalue weighted by molar-refractivity contribution is 5.78. The Labute approximate surface area is 173 Å². The second-order valence-corrected chi connectivity index (χ2v) is 6.80. The van der Waals surface area contributed by atoms with Crippen LogP contribution >= 0.6 is 0 Å². The van der Waals surface area contributed by atoms with E-state index in [1.54, 1.807) is 19.2 Å². The van der Waals surface area contributed by atoms with Gasteiger partial charge in [0.05, 0.1) is 26.4 Å². The summed E-state index contributed by atoms with van der Waals surface area (Å²) < 4.78 is 22.2. The van der Waals surface area contributed by atoms with Crippen LogP contribution < -0.4 is 24.3 Å². The van der Waals surface area contributed by atoms with Gasteiger partial charge in [0.25, 0.3) is 5.91 Å². The number of para-hydroxylation sites is 2. The molecule has 0 fully saturated rings. The third kappa shape index (κ3) is 6.31. The first-order chi connectivity index (χ1) is 14.0. The van der Waals surface area contributed by atoms with Crippen LogP contribution in [0, 0.1) is 5.92 Å². The molecule has 2 rings (SSSR count). The van der Waals surface area contributed by atoms with Crippen molar-refractivity contribution in [2.75, 3.05) is 26.9 Å². The molecule has 6 heteroatoms. The average molecular weight is 402 g/mol. The van der Waals surface area contributed by atoms with Gasteiger partial charge < -0.3 is 24.3 Å². The van der Waals surface area contributed by atoms with Gasteiger partial charge in [-0.1, -0.05) is 32.0 Å². The molecule has 1 N–H and O–H groups in total. The number of nitrogens with one attached hydrogen (secondary N) is 1. The zero-order chi connectivity index (χ0) is 21.2. The number of rotatable bonds is 11. The van der Waals surface area contributed by atoms with E-state index in [9.17, 15) is 4.79 Å². The second kappa shape index (κ2) is 11.2. The van der Waals surface area contributed by atoms with Crippen LogP contribution in [0.15, 0.2) is 42.5 Å². The first-order valence-corrected chi connectivity index (χ1v) is 9.94. The monoisotopic (exact) mass is 401 g/mol. The zero-order valence-corrected chi connectivity index (χ0v) is 17.9. The van der Waals surface area contributed by atoms with Crippen molar-refractivity contribution in [2.24, 2.45) is 5.92 Å². The van der Waals surface area contributed by atoms with Crippen LogP contribution in [-0.2, 0) is 4.79 Å². The van der Waals surface area contributed by atoms with E-state index in [4.69, 9.17) is 18.9 Å². The number of carbonyl (C=O) groups excluding carboxylic acids is 1. The maximum absolute atomic E-state index is 12.6. The summed E-state index contributed by atoms with van der Waals surface area (Å²) in [5, 5.41) is 3.06. The lowest BCUT2D eigenvalue weighted by molar-refractivity contribution is -0.124. The molecule has 0 heterocycles. The number of methoxy groups -OCH3 is 1. The Morgan fingerprint density at radius 2 is 1.52 bits per heavy atom. The maximum atomic E-state index is 12.6. The van der Waals surface area contributed by atoms with E-state index >= 15 is 0 Å². The molecule has 0 aliphatic carbocycles. The largest absolute Gasteiger partial charge is 0.493 e. The first-order valence-electron chi connectivity index (χ1n) is 9.94. The van der Waals surface area contributed by atoms with Crippen LogP contribution in [0.3, 0.4) is 0 Å². The molecule has 6 nitrogen and oxygen atoms in total. The van der Waals surface area contributed by atoms with E-state index in [1.807, 2.05) is 44.2 Å². The molecule has 0 aliphatic rings. The second-order valence-electron chi connectivity index (χ2n) is 6.80. The van der Waals surface area contributed by atoms with Crippen molar-refractivity contribution in [3.8, 4) is 23.0 Å². The van der Waals surface area contributed by atoms with E-state index in [1.165, 1.54) is 0 Å². The Kier molecular flexibility index (Phi) is 8.65. The minimum atomic E-state index is -0.207. The van der Waals surface area contributed by atoms with Crippen molar-refractivity contribution in [1.29, 1.82) is 0 Å². The maximum Gasteiger partial charge on any atom is 0.258 e. The Morgan fingerprint density at radius 3 is 2.14 bits per heavy atom. The Bertz CT molecular complexity index is 791. The Hall–Kier alpha value is -2.89. The molecule has 0 aliphatic heterocycles. The first kappa shape index (κ1) is 22.4. The molecule has 1 unspecified atom stereocenters. The molecule has 0 saturated heterocycles. The van der Waals surface area contributed by atoms with Crippen LogP contribution in [0.5, 0.6) is 23.0 Å². The summed E-state index contributed by atoms with van der Waals surface area (Å²) in [7, 11) is 1.57. The van der Waals surface area contributed by atoms with Gasteiger partial charge in [-0.2, -0.15) is 0 Å². The predicted octanol–water partition coefficient (Wildman–Crippen LogP) is 4.38. The van der Waals surface area contributed by atoms with E-state index in [2.05, 4.69) is 19.2 Å². The molecule has 2 aromatic carbocycles. The van der Waals surface area contributed by atoms with Crippen LogP contribution in [0.2, 0.25) is 0 Å². The minimum absolute atomic E-state index is 0.0983. The molecule has 0 bridgehead atoms. The summed E-state index contributed by atoms with van der Waals surface area (Å²) in [5.74, 6) is 2.47. The fourth-order valence-corrected chi connectivity index (χ4v) is 2.99. The summed E-state index contributed by atoms with van der Waals surface area (Å²) in [4.78, 5) is 12.6. The third-order valence-corrected chi connectivity index (χ3v) is 4.34. The third-order valence-electron chi connectivity index (χ3n) is 4.34. The van der Waals surface area contributed by atoms with Crippen LogP contribution in [-0.4, -0.2) is 32.8 Å². The normalized spacial score (nSPS) is 11.7. The summed E-state index contributed by atoms with van der Waals surface area (Å²) >= 11 is 0. The lowest BCUT2D eigenvalue weighted by Crippen LogP contribution is -2.35. The van der Waals surface area contributed by atoms with Crippen LogP contribution in [0.25, 0.3) is 0 Å². The minimum Gasteiger partial charge on any atom is -0.493 e. The molecule has 1 atom stereocenters. The summed E-state index contributed by atoms with van der Waals surface area (Å²) in [6, 6.07) is 12.8. The zero-order valence-electron chi connectivity index (χ0n) is 17.9. The van der Waals surface area contributed by atoms with Gasteiger partial charge in [-0.15, -0.1) is 0 Å². The van der Waals surface area contributed by atoms with Gasteiger partial charge in [0.2, 0.25) is 0 Å². The van der Waals surface area contributed by atoms with Gasteiger partial charge in [-0.25, -0.2) is 0 Å². The standard InChI is InChI=1S/C23H31NO5/c1-6-27-20-13-12-17(14-21(20)28-7-2)23(16(3)4)24-22(25)15-29-19-11-9-8-10-18(19)26-5/h8-14,16,23H,6-7,15H2,1-5H3,(H,24,25). The summed E-state index contributed by atoms with van der Waals surface area (Å²) in [6.45, 7) is 8.98. The van der Waals surface area contributed by atoms with E-state index < -0.39 is 0 Å². The topological polar surface area (TPSA) is 66.0 Å². The number of hydrogen-bond donors (Lipinski definition) is 1. The number of amides is 1. The molecule has 0 spiro atoms. The Balaban J connectivity index is 2.11. The SMILES string of the molecule is CCOc1ccc(C(NC(=O)COc2ccccc2OC)C(C)C)cc1OCC. The summed E-state index contributed by atoms with van der Waals surface area (Å²) in [5.41, 5.74) is 0.956. The van der Waals surface area contributed by atoms with Crippen molar-refractivity contribution in [2.45, 2.75) is 33.7 Å². The fraction of sp³-hybridized carbons (Fsp3) is 0.435. The molecular formula is C23H31NO5. The van der Waals surface area contributed by atoms with E-state index in [-0.39, 0.29) is 24.5 Å². The molecule has 0 saturated carbocycles. The van der Waals surface area contributed by atoms with Crippen molar-refractivity contribution in [3.63, 3.8) is 0 Å².